The van der Waals surface area contributed by atoms with Crippen LogP contribution in [0, 0.1) is 11.8 Å². The number of carbonyl (C=O) groups excluding carboxylic acids is 1. The standard InChI is InChI=1S/C28H48NO7P/c1-12-14-28(32-11,16-17(3)13-2)24(19(5)22-20(6)25(30)36-27(7,8)35-22)34-26-23(37-31)21(29(9)10)15-18(4)33-26/h12,17-19,21,23-24,26H,1,13-16H2,2-11H3/t17-,18+,19-,21?,23+,24+,26-,28+/m0/s1. The normalized spacial score (nSPS) is 30.3. The van der Waals surface area contributed by atoms with Gasteiger partial charge >= 0.3 is 5.97 Å². The molecule has 8 nitrogen and oxygen atoms in total. The molecule has 1 saturated heterocycles. The summed E-state index contributed by atoms with van der Waals surface area (Å²) in [6.07, 6.45) is 3.33. The second kappa shape index (κ2) is 13.2. The summed E-state index contributed by atoms with van der Waals surface area (Å²) in [4.78, 5) is 14.8. The summed E-state index contributed by atoms with van der Waals surface area (Å²) in [6.45, 7) is 17.5. The first-order chi connectivity index (χ1) is 17.3. The number of carbonyl (C=O) groups is 1. The van der Waals surface area contributed by atoms with Gasteiger partial charge in [-0.25, -0.2) is 4.79 Å². The molecule has 1 unspecified atom stereocenters. The largest absolute Gasteiger partial charge is 0.456 e. The molecule has 2 aliphatic heterocycles. The molecular formula is C28H48NO7P. The second-order valence-corrected chi connectivity index (χ2v) is 12.2. The monoisotopic (exact) mass is 541 g/mol. The molecule has 0 radical (unpaired) electrons. The fraction of sp³-hybridized carbons (Fsp3) is 0.821. The van der Waals surface area contributed by atoms with Crippen molar-refractivity contribution in [2.45, 2.75) is 116 Å². The fourth-order valence-electron chi connectivity index (χ4n) is 5.53. The van der Waals surface area contributed by atoms with Crippen LogP contribution in [0.4, 0.5) is 0 Å². The maximum absolute atomic E-state index is 12.7. The van der Waals surface area contributed by atoms with E-state index in [-0.39, 0.29) is 20.6 Å². The highest BCUT2D eigenvalue weighted by atomic mass is 31.1. The van der Waals surface area contributed by atoms with E-state index in [0.29, 0.717) is 30.1 Å². The van der Waals surface area contributed by atoms with Gasteiger partial charge in [-0.15, -0.1) is 6.58 Å². The summed E-state index contributed by atoms with van der Waals surface area (Å²) in [5.74, 6) is -1.10. The molecule has 0 aliphatic carbocycles. The Kier molecular flexibility index (Phi) is 11.4. The molecule has 0 aromatic carbocycles. The summed E-state index contributed by atoms with van der Waals surface area (Å²) in [7, 11) is 5.60. The van der Waals surface area contributed by atoms with Crippen LogP contribution >= 0.6 is 8.46 Å². The number of esters is 1. The lowest BCUT2D eigenvalue weighted by atomic mass is 9.77. The maximum atomic E-state index is 12.7. The van der Waals surface area contributed by atoms with Crippen LogP contribution in [0.2, 0.25) is 0 Å². The number of ether oxygens (including phenoxy) is 5. The third-order valence-electron chi connectivity index (χ3n) is 7.72. The molecule has 8 atom stereocenters. The highest BCUT2D eigenvalue weighted by Crippen LogP contribution is 2.43. The Morgan fingerprint density at radius 3 is 2.46 bits per heavy atom. The molecule has 1 fully saturated rings. The van der Waals surface area contributed by atoms with Gasteiger partial charge in [0.15, 0.2) is 14.8 Å². The average Bonchev–Trinajstić information content (AvgIpc) is 2.83. The van der Waals surface area contributed by atoms with Crippen LogP contribution in [-0.2, 0) is 33.0 Å². The van der Waals surface area contributed by atoms with Crippen molar-refractivity contribution in [1.82, 2.24) is 4.90 Å². The molecule has 0 aromatic heterocycles. The lowest BCUT2D eigenvalue weighted by Gasteiger charge is -2.48. The molecular weight excluding hydrogens is 493 g/mol. The Balaban J connectivity index is 2.65. The van der Waals surface area contributed by atoms with Gasteiger partial charge in [0.2, 0.25) is 5.79 Å². The molecule has 0 aromatic rings. The molecule has 9 heteroatoms. The second-order valence-electron chi connectivity index (χ2n) is 11.4. The number of hydrogen-bond acceptors (Lipinski definition) is 8. The lowest BCUT2D eigenvalue weighted by molar-refractivity contribution is -0.268. The van der Waals surface area contributed by atoms with Crippen molar-refractivity contribution in [1.29, 1.82) is 0 Å². The van der Waals surface area contributed by atoms with Crippen LogP contribution in [0.3, 0.4) is 0 Å². The molecule has 0 spiro atoms. The fourth-order valence-corrected chi connectivity index (χ4v) is 6.30. The zero-order chi connectivity index (χ0) is 28.1. The quantitative estimate of drug-likeness (QED) is 0.166. The van der Waals surface area contributed by atoms with E-state index in [1.165, 1.54) is 0 Å². The predicted octanol–water partition coefficient (Wildman–Crippen LogP) is 5.71. The van der Waals surface area contributed by atoms with E-state index in [0.717, 1.165) is 12.8 Å². The van der Waals surface area contributed by atoms with Crippen molar-refractivity contribution in [2.75, 3.05) is 21.2 Å². The van der Waals surface area contributed by atoms with Gasteiger partial charge < -0.3 is 28.6 Å². The van der Waals surface area contributed by atoms with E-state index in [1.54, 1.807) is 27.9 Å². The van der Waals surface area contributed by atoms with E-state index in [9.17, 15) is 9.36 Å². The van der Waals surface area contributed by atoms with Crippen LogP contribution in [0.25, 0.3) is 0 Å². The summed E-state index contributed by atoms with van der Waals surface area (Å²) < 4.78 is 43.6. The minimum Gasteiger partial charge on any atom is -0.456 e. The molecule has 2 heterocycles. The molecule has 0 bridgehead atoms. The van der Waals surface area contributed by atoms with E-state index in [4.69, 9.17) is 23.7 Å². The summed E-state index contributed by atoms with van der Waals surface area (Å²) in [5.41, 5.74) is -0.789. The van der Waals surface area contributed by atoms with Crippen molar-refractivity contribution in [3.8, 4) is 0 Å². The SMILES string of the molecule is C=CC[C@](C[C@@H](C)CC)(OC)[C@H](O[C@@H]1O[C@H](C)CC(N(C)C)[C@H]1P=O)[C@@H](C)C1=C(C)C(=O)OC(C)(C)O1. The lowest BCUT2D eigenvalue weighted by Crippen LogP contribution is -2.58. The molecule has 0 saturated carbocycles. The minimum absolute atomic E-state index is 0.00980. The number of cyclic esters (lactones) is 1. The number of nitrogens with zero attached hydrogens (tertiary/aromatic N) is 1. The number of hydrogen-bond donors (Lipinski definition) is 0. The van der Waals surface area contributed by atoms with Crippen molar-refractivity contribution < 1.29 is 33.0 Å². The zero-order valence-corrected chi connectivity index (χ0v) is 25.3. The average molecular weight is 542 g/mol. The first kappa shape index (κ1) is 31.9. The van der Waals surface area contributed by atoms with Gasteiger partial charge in [-0.05, 0) is 53.1 Å². The van der Waals surface area contributed by atoms with Crippen LogP contribution in [0.15, 0.2) is 24.0 Å². The Hall–Kier alpha value is -1.31. The predicted molar refractivity (Wildman–Crippen MR) is 144 cm³/mol. The minimum atomic E-state index is -1.11. The molecule has 2 rings (SSSR count). The van der Waals surface area contributed by atoms with Gasteiger partial charge in [0.05, 0.1) is 23.4 Å². The maximum Gasteiger partial charge on any atom is 0.340 e. The third kappa shape index (κ3) is 7.42. The summed E-state index contributed by atoms with van der Waals surface area (Å²) in [5, 5.41) is 0. The zero-order valence-electron chi connectivity index (χ0n) is 24.4. The van der Waals surface area contributed by atoms with Crippen molar-refractivity contribution in [3.05, 3.63) is 24.0 Å². The Morgan fingerprint density at radius 1 is 1.30 bits per heavy atom. The van der Waals surface area contributed by atoms with Gasteiger partial charge in [-0.1, -0.05) is 33.3 Å². The number of rotatable bonds is 13. The molecule has 37 heavy (non-hydrogen) atoms. The smallest absolute Gasteiger partial charge is 0.340 e. The first-order valence-corrected chi connectivity index (χ1v) is 14.2. The highest BCUT2D eigenvalue weighted by molar-refractivity contribution is 7.24. The van der Waals surface area contributed by atoms with Gasteiger partial charge in [0, 0.05) is 32.9 Å². The topological polar surface area (TPSA) is 83.5 Å². The van der Waals surface area contributed by atoms with Crippen LogP contribution in [0.5, 0.6) is 0 Å². The molecule has 212 valence electrons. The van der Waals surface area contributed by atoms with Crippen LogP contribution in [0.1, 0.15) is 74.1 Å². The van der Waals surface area contributed by atoms with E-state index in [2.05, 4.69) is 25.3 Å². The molecule has 0 N–H and O–H groups in total. The van der Waals surface area contributed by atoms with Gasteiger partial charge in [-0.3, -0.25) is 4.57 Å². The molecule has 2 aliphatic rings. The van der Waals surface area contributed by atoms with Crippen LogP contribution in [-0.4, -0.2) is 73.7 Å². The first-order valence-electron chi connectivity index (χ1n) is 13.3. The Morgan fingerprint density at radius 2 is 1.95 bits per heavy atom. The number of methoxy groups -OCH3 is 1. The summed E-state index contributed by atoms with van der Waals surface area (Å²) in [6, 6.07) is 0.00980. The Labute approximate surface area is 225 Å². The van der Waals surface area contributed by atoms with Gasteiger partial charge in [0.1, 0.15) is 11.4 Å². The molecule has 0 amide bonds. The van der Waals surface area contributed by atoms with E-state index < -0.39 is 41.3 Å². The van der Waals surface area contributed by atoms with Gasteiger partial charge in [-0.2, -0.15) is 0 Å². The van der Waals surface area contributed by atoms with E-state index in [1.807, 2.05) is 34.0 Å². The van der Waals surface area contributed by atoms with Crippen molar-refractivity contribution in [3.63, 3.8) is 0 Å². The third-order valence-corrected chi connectivity index (χ3v) is 8.55. The van der Waals surface area contributed by atoms with Gasteiger partial charge in [0.25, 0.3) is 0 Å². The van der Waals surface area contributed by atoms with Crippen molar-refractivity contribution in [2.24, 2.45) is 11.8 Å². The highest BCUT2D eigenvalue weighted by Gasteiger charge is 2.51. The van der Waals surface area contributed by atoms with Crippen molar-refractivity contribution >= 4 is 14.4 Å². The van der Waals surface area contributed by atoms with Crippen LogP contribution < -0.4 is 0 Å². The summed E-state index contributed by atoms with van der Waals surface area (Å²) >= 11 is 0. The Bertz CT molecular complexity index is 844. The van der Waals surface area contributed by atoms with E-state index >= 15 is 0 Å².